The van der Waals surface area contributed by atoms with Gasteiger partial charge in [-0.05, 0) is 12.8 Å². The lowest BCUT2D eigenvalue weighted by molar-refractivity contribution is -0.870. The number of unbranched alkanes of at least 4 members (excludes halogenated alkanes) is 12. The number of nitrogens with zero attached hydrogens (tertiary/aromatic N) is 1. The van der Waals surface area contributed by atoms with Gasteiger partial charge in [0.15, 0.2) is 6.10 Å². The molecule has 0 aliphatic heterocycles. The van der Waals surface area contributed by atoms with Gasteiger partial charge in [0.25, 0.3) is 0 Å². The quantitative estimate of drug-likeness (QED) is 0.0498. The molecule has 40 heavy (non-hydrogen) atoms. The highest BCUT2D eigenvalue weighted by molar-refractivity contribution is 7.47. The number of quaternary nitrogens is 1. The van der Waals surface area contributed by atoms with E-state index in [0.29, 0.717) is 17.4 Å². The highest BCUT2D eigenvalue weighted by atomic mass is 31.2. The van der Waals surface area contributed by atoms with Crippen LogP contribution in [0.1, 0.15) is 116 Å². The Hall–Kier alpha value is -1.00. The number of ketones is 3. The lowest BCUT2D eigenvalue weighted by atomic mass is 10.00. The summed E-state index contributed by atoms with van der Waals surface area (Å²) in [5.74, 6) is -2.16. The lowest BCUT2D eigenvalue weighted by Gasteiger charge is -2.25. The van der Waals surface area contributed by atoms with Crippen molar-refractivity contribution >= 4 is 25.2 Å². The molecule has 0 bridgehead atoms. The summed E-state index contributed by atoms with van der Waals surface area (Å²) in [4.78, 5) is 47.0. The molecule has 0 aliphatic carbocycles. The second kappa shape index (κ2) is 22.6. The van der Waals surface area contributed by atoms with Crippen LogP contribution in [0.4, 0.5) is 0 Å². The van der Waals surface area contributed by atoms with E-state index in [1.54, 1.807) is 0 Å². The summed E-state index contributed by atoms with van der Waals surface area (Å²) in [6.07, 6.45) is 12.5. The fourth-order valence-corrected chi connectivity index (χ4v) is 5.08. The Morgan fingerprint density at radius 3 is 1.73 bits per heavy atom. The van der Waals surface area contributed by atoms with E-state index in [4.69, 9.17) is 9.05 Å². The maximum absolute atomic E-state index is 12.5. The number of carbonyl (C=O) groups excluding carboxylic acids is 3. The van der Waals surface area contributed by atoms with Crippen LogP contribution in [-0.2, 0) is 28.0 Å². The maximum Gasteiger partial charge on any atom is 0.473 e. The number of phosphoric acid groups is 1. The summed E-state index contributed by atoms with van der Waals surface area (Å²) < 4.78 is 22.3. The number of aliphatic hydroxyl groups excluding tert-OH is 2. The van der Waals surface area contributed by atoms with Crippen molar-refractivity contribution < 1.29 is 47.6 Å². The van der Waals surface area contributed by atoms with Gasteiger partial charge < -0.3 is 19.6 Å². The summed E-state index contributed by atoms with van der Waals surface area (Å²) in [5, 5.41) is 19.2. The predicted octanol–water partition coefficient (Wildman–Crippen LogP) is 4.91. The van der Waals surface area contributed by atoms with Crippen LogP contribution in [0.25, 0.3) is 0 Å². The Labute approximate surface area is 242 Å². The van der Waals surface area contributed by atoms with Crippen molar-refractivity contribution in [2.75, 3.05) is 40.9 Å². The molecule has 3 atom stereocenters. The Bertz CT molecular complexity index is 754. The Kier molecular flexibility index (Phi) is 22.0. The largest absolute Gasteiger partial charge is 0.473 e. The van der Waals surface area contributed by atoms with Gasteiger partial charge in [-0.3, -0.25) is 23.4 Å². The normalized spacial score (nSPS) is 15.0. The minimum absolute atomic E-state index is 0.0250. The molecule has 3 N–H and O–H groups in total. The van der Waals surface area contributed by atoms with E-state index in [0.717, 1.165) is 19.3 Å². The van der Waals surface area contributed by atoms with Crippen molar-refractivity contribution in [2.24, 2.45) is 0 Å². The zero-order valence-electron chi connectivity index (χ0n) is 25.5. The van der Waals surface area contributed by atoms with Gasteiger partial charge in [0.05, 0.1) is 27.7 Å². The molecule has 0 heterocycles. The number of phosphoric ester groups is 1. The van der Waals surface area contributed by atoms with Gasteiger partial charge in [0.1, 0.15) is 25.0 Å². The first kappa shape index (κ1) is 39.0. The average molecular weight is 595 g/mol. The second-order valence-corrected chi connectivity index (χ2v) is 13.2. The SMILES string of the molecule is CCCCCCCCCCCCCCCC(=O)CCCC(=O)C(=O)C(OP(=O)(O)OCC[N+](C)(C)C)[C@@H](O)CO. The third-order valence-electron chi connectivity index (χ3n) is 6.75. The molecule has 0 aromatic carbocycles. The van der Waals surface area contributed by atoms with Crippen LogP contribution in [0.2, 0.25) is 0 Å². The van der Waals surface area contributed by atoms with Gasteiger partial charge in [-0.1, -0.05) is 84.0 Å². The third kappa shape index (κ3) is 21.7. The highest BCUT2D eigenvalue weighted by Crippen LogP contribution is 2.45. The predicted molar refractivity (Wildman–Crippen MR) is 156 cm³/mol. The molecule has 0 aromatic heterocycles. The second-order valence-electron chi connectivity index (χ2n) is 11.8. The van der Waals surface area contributed by atoms with Gasteiger partial charge in [-0.25, -0.2) is 4.57 Å². The summed E-state index contributed by atoms with van der Waals surface area (Å²) in [5.41, 5.74) is 0. The average Bonchev–Trinajstić information content (AvgIpc) is 2.88. The molecular weight excluding hydrogens is 537 g/mol. The number of Topliss-reactive ketones (excluding diaryl/α,β-unsaturated/α-hetero) is 3. The first-order valence-electron chi connectivity index (χ1n) is 15.2. The smallest absolute Gasteiger partial charge is 0.394 e. The molecule has 0 rings (SSSR count). The van der Waals surface area contributed by atoms with Crippen molar-refractivity contribution in [3.63, 3.8) is 0 Å². The van der Waals surface area contributed by atoms with Crippen LogP contribution < -0.4 is 0 Å². The van der Waals surface area contributed by atoms with Crippen molar-refractivity contribution in [1.82, 2.24) is 0 Å². The molecule has 0 fully saturated rings. The fraction of sp³-hybridized carbons (Fsp3) is 0.897. The summed E-state index contributed by atoms with van der Waals surface area (Å²) >= 11 is 0. The summed E-state index contributed by atoms with van der Waals surface area (Å²) in [7, 11) is 0.754. The first-order valence-corrected chi connectivity index (χ1v) is 16.7. The molecule has 0 amide bonds. The van der Waals surface area contributed by atoms with E-state index in [-0.39, 0.29) is 31.7 Å². The molecule has 2 unspecified atom stereocenters. The van der Waals surface area contributed by atoms with Crippen LogP contribution in [0.15, 0.2) is 0 Å². The van der Waals surface area contributed by atoms with Gasteiger partial charge in [-0.2, -0.15) is 0 Å². The van der Waals surface area contributed by atoms with Crippen molar-refractivity contribution in [2.45, 2.75) is 128 Å². The number of hydrogen-bond acceptors (Lipinski definition) is 8. The van der Waals surface area contributed by atoms with Crippen molar-refractivity contribution in [1.29, 1.82) is 0 Å². The minimum Gasteiger partial charge on any atom is -0.394 e. The third-order valence-corrected chi connectivity index (χ3v) is 7.75. The molecule has 0 spiro atoms. The highest BCUT2D eigenvalue weighted by Gasteiger charge is 2.38. The standard InChI is InChI=1S/C29H56NO9P/c1-5-6-7-8-9-10-11-12-13-14-15-16-17-19-25(32)20-18-21-26(33)28(35)29(27(34)24-31)39-40(36,37)38-23-22-30(2,3)4/h27,29,31,34H,5-24H2,1-4H3/p+1/t27-,29?/m0/s1. The van der Waals surface area contributed by atoms with Crippen LogP contribution in [-0.4, -0.2) is 90.0 Å². The number of likely N-dealkylation sites (N-methyl/N-ethyl adjacent to an activating group) is 1. The van der Waals surface area contributed by atoms with E-state index in [1.807, 2.05) is 21.1 Å². The fourth-order valence-electron chi connectivity index (χ4n) is 4.19. The first-order chi connectivity index (χ1) is 18.8. The molecule has 0 aliphatic rings. The van der Waals surface area contributed by atoms with E-state index in [2.05, 4.69) is 6.92 Å². The molecule has 10 nitrogen and oxygen atoms in total. The monoisotopic (exact) mass is 594 g/mol. The van der Waals surface area contributed by atoms with Gasteiger partial charge in [0, 0.05) is 19.3 Å². The van der Waals surface area contributed by atoms with E-state index >= 15 is 0 Å². The molecule has 0 saturated carbocycles. The summed E-state index contributed by atoms with van der Waals surface area (Å²) in [6, 6.07) is 0. The molecule has 236 valence electrons. The van der Waals surface area contributed by atoms with E-state index in [9.17, 15) is 34.1 Å². The zero-order valence-corrected chi connectivity index (χ0v) is 26.4. The molecule has 11 heteroatoms. The number of rotatable bonds is 28. The number of carbonyl (C=O) groups is 3. The van der Waals surface area contributed by atoms with E-state index < -0.39 is 38.2 Å². The van der Waals surface area contributed by atoms with Crippen LogP contribution in [0.5, 0.6) is 0 Å². The Balaban J connectivity index is 4.18. The summed E-state index contributed by atoms with van der Waals surface area (Å²) in [6.45, 7) is 1.47. The Morgan fingerprint density at radius 2 is 1.25 bits per heavy atom. The molecule has 0 saturated heterocycles. The van der Waals surface area contributed by atoms with Crippen molar-refractivity contribution in [3.8, 4) is 0 Å². The minimum atomic E-state index is -4.78. The topological polar surface area (TPSA) is 147 Å². The van der Waals surface area contributed by atoms with Gasteiger partial charge >= 0.3 is 7.82 Å². The lowest BCUT2D eigenvalue weighted by Crippen LogP contribution is -2.42. The zero-order chi connectivity index (χ0) is 30.4. The van der Waals surface area contributed by atoms with Gasteiger partial charge in [-0.15, -0.1) is 0 Å². The van der Waals surface area contributed by atoms with Crippen LogP contribution in [0, 0.1) is 0 Å². The van der Waals surface area contributed by atoms with Crippen molar-refractivity contribution in [3.05, 3.63) is 0 Å². The molecular formula is C29H57NO9P+. The van der Waals surface area contributed by atoms with Crippen LogP contribution >= 0.6 is 7.82 Å². The molecule has 0 radical (unpaired) electrons. The maximum atomic E-state index is 12.5. The number of aliphatic hydroxyl groups is 2. The van der Waals surface area contributed by atoms with E-state index in [1.165, 1.54) is 64.2 Å². The Morgan fingerprint density at radius 1 is 0.775 bits per heavy atom. The number of hydrogen-bond donors (Lipinski definition) is 3. The molecule has 0 aromatic rings. The van der Waals surface area contributed by atoms with Crippen LogP contribution in [0.3, 0.4) is 0 Å². The van der Waals surface area contributed by atoms with Gasteiger partial charge in [0.2, 0.25) is 11.6 Å².